The van der Waals surface area contributed by atoms with Crippen LogP contribution in [-0.4, -0.2) is 87.7 Å². The number of aliphatic hydroxyl groups is 1. The van der Waals surface area contributed by atoms with Gasteiger partial charge in [0, 0.05) is 0 Å². The summed E-state index contributed by atoms with van der Waals surface area (Å²) in [4.78, 5) is 60.0. The van der Waals surface area contributed by atoms with Crippen LogP contribution in [0, 0.1) is 0 Å². The van der Waals surface area contributed by atoms with Crippen molar-refractivity contribution in [2.45, 2.75) is 43.4 Å². The van der Waals surface area contributed by atoms with Gasteiger partial charge in [0.1, 0.15) is 23.9 Å². The van der Waals surface area contributed by atoms with Crippen molar-refractivity contribution in [3.8, 4) is 5.75 Å². The summed E-state index contributed by atoms with van der Waals surface area (Å²) in [6.45, 7) is -0.871. The third kappa shape index (κ3) is 10.6. The highest BCUT2D eigenvalue weighted by molar-refractivity contribution is 7.98. The lowest BCUT2D eigenvalue weighted by atomic mass is 10.0. The molecule has 35 heavy (non-hydrogen) atoms. The monoisotopic (exact) mass is 513 g/mol. The first kappa shape index (κ1) is 29.7. The molecule has 1 aromatic carbocycles. The molecule has 4 amide bonds. The first-order valence-electron chi connectivity index (χ1n) is 10.5. The molecule has 0 aliphatic rings. The third-order valence-corrected chi connectivity index (χ3v) is 5.45. The number of primary amides is 1. The van der Waals surface area contributed by atoms with Gasteiger partial charge in [-0.1, -0.05) is 12.1 Å². The summed E-state index contributed by atoms with van der Waals surface area (Å²) in [5, 5.41) is 34.9. The number of carbonyl (C=O) groups is 5. The Labute approximate surface area is 206 Å². The zero-order valence-corrected chi connectivity index (χ0v) is 19.9. The number of amides is 4. The average molecular weight is 514 g/mol. The van der Waals surface area contributed by atoms with Gasteiger partial charge < -0.3 is 42.7 Å². The maximum Gasteiger partial charge on any atom is 0.326 e. The molecule has 0 spiro atoms. The van der Waals surface area contributed by atoms with Gasteiger partial charge >= 0.3 is 5.97 Å². The predicted molar refractivity (Wildman–Crippen MR) is 127 cm³/mol. The van der Waals surface area contributed by atoms with Crippen LogP contribution in [0.15, 0.2) is 24.3 Å². The van der Waals surface area contributed by atoms with Gasteiger partial charge in [-0.05, 0) is 42.5 Å². The number of carboxylic acids is 1. The van der Waals surface area contributed by atoms with Gasteiger partial charge in [-0.25, -0.2) is 4.79 Å². The minimum Gasteiger partial charge on any atom is -0.508 e. The van der Waals surface area contributed by atoms with Crippen LogP contribution < -0.4 is 27.4 Å². The molecule has 0 fully saturated rings. The number of nitrogens with two attached hydrogens (primary N) is 2. The highest BCUT2D eigenvalue weighted by Crippen LogP contribution is 2.11. The zero-order chi connectivity index (χ0) is 26.5. The number of thioether (sulfide) groups is 1. The van der Waals surface area contributed by atoms with E-state index in [1.807, 2.05) is 5.32 Å². The molecule has 1 rings (SSSR count). The average Bonchev–Trinajstić information content (AvgIpc) is 2.80. The Morgan fingerprint density at radius 1 is 0.943 bits per heavy atom. The van der Waals surface area contributed by atoms with Crippen LogP contribution in [0.1, 0.15) is 18.4 Å². The summed E-state index contributed by atoms with van der Waals surface area (Å²) in [6, 6.07) is 0.823. The van der Waals surface area contributed by atoms with E-state index in [-0.39, 0.29) is 18.6 Å². The Bertz CT molecular complexity index is 898. The first-order chi connectivity index (χ1) is 16.5. The maximum atomic E-state index is 12.8. The molecule has 10 N–H and O–H groups in total. The molecule has 0 saturated carbocycles. The fraction of sp³-hybridized carbons (Fsp3) is 0.476. The molecular weight excluding hydrogens is 482 g/mol. The molecule has 0 aromatic heterocycles. The van der Waals surface area contributed by atoms with E-state index in [4.69, 9.17) is 16.6 Å². The van der Waals surface area contributed by atoms with Crippen molar-refractivity contribution >= 4 is 41.4 Å². The molecule has 0 saturated heterocycles. The lowest BCUT2D eigenvalue weighted by molar-refractivity contribution is -0.144. The second-order valence-corrected chi connectivity index (χ2v) is 8.62. The predicted octanol–water partition coefficient (Wildman–Crippen LogP) is -2.58. The van der Waals surface area contributed by atoms with Crippen LogP contribution in [0.25, 0.3) is 0 Å². The summed E-state index contributed by atoms with van der Waals surface area (Å²) in [6.07, 6.45) is 1.44. The largest absolute Gasteiger partial charge is 0.508 e. The summed E-state index contributed by atoms with van der Waals surface area (Å²) in [5.41, 5.74) is 11.6. The van der Waals surface area contributed by atoms with E-state index < -0.39 is 66.8 Å². The van der Waals surface area contributed by atoms with Crippen LogP contribution in [-0.2, 0) is 30.4 Å². The fourth-order valence-corrected chi connectivity index (χ4v) is 3.37. The topological polar surface area (TPSA) is 234 Å². The number of rotatable bonds is 15. The van der Waals surface area contributed by atoms with Gasteiger partial charge in [0.15, 0.2) is 0 Å². The lowest BCUT2D eigenvalue weighted by Crippen LogP contribution is -2.58. The van der Waals surface area contributed by atoms with Crippen LogP contribution in [0.3, 0.4) is 0 Å². The quantitative estimate of drug-likeness (QED) is 0.122. The smallest absolute Gasteiger partial charge is 0.326 e. The van der Waals surface area contributed by atoms with Gasteiger partial charge in [-0.3, -0.25) is 19.2 Å². The van der Waals surface area contributed by atoms with Gasteiger partial charge in [-0.15, -0.1) is 0 Å². The minimum absolute atomic E-state index is 0.0624. The van der Waals surface area contributed by atoms with Crippen LogP contribution in [0.5, 0.6) is 5.75 Å². The normalized spacial score (nSPS) is 14.1. The molecule has 0 radical (unpaired) electrons. The number of nitrogens with one attached hydrogen (secondary N) is 3. The fourth-order valence-electron chi connectivity index (χ4n) is 2.90. The van der Waals surface area contributed by atoms with Crippen molar-refractivity contribution in [2.75, 3.05) is 18.6 Å². The van der Waals surface area contributed by atoms with Crippen molar-refractivity contribution in [3.05, 3.63) is 29.8 Å². The zero-order valence-electron chi connectivity index (χ0n) is 19.1. The molecule has 194 valence electrons. The minimum atomic E-state index is -1.64. The number of aromatic hydroxyl groups is 1. The molecular formula is C21H31N5O8S. The Morgan fingerprint density at radius 3 is 2.00 bits per heavy atom. The number of phenolic OH excluding ortho intramolecular Hbond substituents is 1. The third-order valence-electron chi connectivity index (χ3n) is 4.81. The molecule has 4 atom stereocenters. The molecule has 0 bridgehead atoms. The van der Waals surface area contributed by atoms with E-state index >= 15 is 0 Å². The van der Waals surface area contributed by atoms with E-state index in [1.54, 1.807) is 18.4 Å². The van der Waals surface area contributed by atoms with Crippen molar-refractivity contribution < 1.29 is 39.3 Å². The number of aliphatic carboxylic acids is 1. The van der Waals surface area contributed by atoms with Crippen LogP contribution >= 0.6 is 11.8 Å². The standard InChI is InChI=1S/C21H31N5O8S/c1-35-7-6-14(24-18(30)13(22)8-11-2-4-12(28)5-3-11)19(31)26-16(10-27)20(32)25-15(21(33)34)9-17(23)29/h2-5,13-16,27-28H,6-10,22H2,1H3,(H2,23,29)(H,24,30)(H,25,32)(H,26,31)(H,33,34). The van der Waals surface area contributed by atoms with Gasteiger partial charge in [0.2, 0.25) is 23.6 Å². The van der Waals surface area contributed by atoms with E-state index in [2.05, 4.69) is 10.6 Å². The molecule has 13 nitrogen and oxygen atoms in total. The molecule has 0 aliphatic heterocycles. The molecule has 14 heteroatoms. The number of carboxylic acid groups (broad SMARTS) is 1. The van der Waals surface area contributed by atoms with Crippen molar-refractivity contribution in [2.24, 2.45) is 11.5 Å². The van der Waals surface area contributed by atoms with E-state index in [0.717, 1.165) is 0 Å². The molecule has 4 unspecified atom stereocenters. The molecule has 0 aliphatic carbocycles. The van der Waals surface area contributed by atoms with Gasteiger partial charge in [-0.2, -0.15) is 11.8 Å². The number of benzene rings is 1. The number of aliphatic hydroxyl groups excluding tert-OH is 1. The van der Waals surface area contributed by atoms with E-state index in [9.17, 15) is 34.2 Å². The summed E-state index contributed by atoms with van der Waals surface area (Å²) in [7, 11) is 0. The summed E-state index contributed by atoms with van der Waals surface area (Å²) < 4.78 is 0. The molecule has 0 heterocycles. The van der Waals surface area contributed by atoms with Crippen LogP contribution in [0.4, 0.5) is 0 Å². The summed E-state index contributed by atoms with van der Waals surface area (Å²) in [5.74, 6) is -4.42. The maximum absolute atomic E-state index is 12.8. The first-order valence-corrected chi connectivity index (χ1v) is 11.9. The SMILES string of the molecule is CSCCC(NC(=O)C(N)Cc1ccc(O)cc1)C(=O)NC(CO)C(=O)NC(CC(N)=O)C(=O)O. The van der Waals surface area contributed by atoms with Gasteiger partial charge in [0.05, 0.1) is 19.1 Å². The Balaban J connectivity index is 2.83. The van der Waals surface area contributed by atoms with Crippen molar-refractivity contribution in [3.63, 3.8) is 0 Å². The highest BCUT2D eigenvalue weighted by atomic mass is 32.2. The Morgan fingerprint density at radius 2 is 1.49 bits per heavy atom. The second-order valence-electron chi connectivity index (χ2n) is 7.63. The number of hydrogen-bond acceptors (Lipinski definition) is 9. The Hall–Kier alpha value is -3.36. The molecule has 1 aromatic rings. The lowest BCUT2D eigenvalue weighted by Gasteiger charge is -2.24. The Kier molecular flexibility index (Phi) is 12.6. The van der Waals surface area contributed by atoms with Crippen molar-refractivity contribution in [1.29, 1.82) is 0 Å². The van der Waals surface area contributed by atoms with E-state index in [1.165, 1.54) is 23.9 Å². The van der Waals surface area contributed by atoms with Crippen molar-refractivity contribution in [1.82, 2.24) is 16.0 Å². The van der Waals surface area contributed by atoms with Gasteiger partial charge in [0.25, 0.3) is 0 Å². The number of carbonyl (C=O) groups excluding carboxylic acids is 4. The highest BCUT2D eigenvalue weighted by Gasteiger charge is 2.30. The van der Waals surface area contributed by atoms with E-state index in [0.29, 0.717) is 11.3 Å². The van der Waals surface area contributed by atoms with Crippen LogP contribution in [0.2, 0.25) is 0 Å². The number of phenols is 1. The number of hydrogen-bond donors (Lipinski definition) is 8. The summed E-state index contributed by atoms with van der Waals surface area (Å²) >= 11 is 1.41. The second kappa shape index (κ2) is 14.8.